The fourth-order valence-corrected chi connectivity index (χ4v) is 11.5. The van der Waals surface area contributed by atoms with Crippen molar-refractivity contribution < 1.29 is 86.7 Å². The van der Waals surface area contributed by atoms with E-state index in [9.17, 15) is 53.9 Å². The van der Waals surface area contributed by atoms with E-state index in [1.54, 1.807) is 55.5 Å². The molecule has 2 aromatic carbocycles. The van der Waals surface area contributed by atoms with Crippen LogP contribution in [0.2, 0.25) is 0 Å². The van der Waals surface area contributed by atoms with E-state index in [0.717, 1.165) is 20.0 Å². The van der Waals surface area contributed by atoms with Gasteiger partial charge in [0, 0.05) is 58.8 Å². The summed E-state index contributed by atoms with van der Waals surface area (Å²) in [5, 5.41) is 39.6. The number of imidazole rings is 1. The molecule has 1 amide bonds. The molecule has 2 heterocycles. The number of nitrogens with one attached hydrogen (secondary N) is 1. The summed E-state index contributed by atoms with van der Waals surface area (Å²) in [7, 11) is 0. The van der Waals surface area contributed by atoms with Crippen molar-refractivity contribution in [2.75, 3.05) is 13.2 Å². The number of benzene rings is 2. The fraction of sp³-hybridized carbons (Fsp3) is 0.528. The number of aryl methyl sites for hydroxylation is 1. The highest BCUT2D eigenvalue weighted by Crippen LogP contribution is 2.65. The minimum absolute atomic E-state index is 0.00557. The van der Waals surface area contributed by atoms with Crippen LogP contribution >= 0.6 is 0 Å². The molecule has 11 atom stereocenters. The average Bonchev–Trinajstić information content (AvgIpc) is 3.73. The van der Waals surface area contributed by atoms with Crippen LogP contribution in [0.25, 0.3) is 0 Å². The van der Waals surface area contributed by atoms with Gasteiger partial charge in [-0.3, -0.25) is 28.8 Å². The zero-order chi connectivity index (χ0) is 55.7. The lowest BCUT2D eigenvalue weighted by Gasteiger charge is -2.67. The molecule has 0 radical (unpaired) electrons. The molecule has 1 aliphatic heterocycles. The number of carbonyl (C=O) groups is 8. The first-order chi connectivity index (χ1) is 35.8. The van der Waals surface area contributed by atoms with Crippen LogP contribution in [0.1, 0.15) is 108 Å². The highest BCUT2D eigenvalue weighted by molar-refractivity contribution is 5.96. The van der Waals surface area contributed by atoms with Crippen LogP contribution in [0.15, 0.2) is 78.0 Å². The summed E-state index contributed by atoms with van der Waals surface area (Å²) in [5.74, 6) is -9.01. The average molecular weight is 1060 g/mol. The SMILES string of the molecule is CC(=O)N[C@@H](c1ccccc1)[C@@H](O)C(=O)O[C@H]1C[C@@]2(O)[C@@H](OC(=O)c3ccccc3)[C@@H]3[C@]4(OC(C)=O)CO[C@@H]4C[C@H](OC(=O)CCCC(=O)OCCn4c([N+](=O)[O-])cnc4C)[C@@]3(C)C(=O)[C@H](OC(C)=O)C(=C1C)C2(C)C. The number of carbonyl (C=O) groups excluding carboxylic acids is 8. The second-order valence-corrected chi connectivity index (χ2v) is 20.3. The van der Waals surface area contributed by atoms with Gasteiger partial charge in [-0.05, 0) is 54.0 Å². The number of hydrogen-bond acceptors (Lipinski definition) is 20. The molecule has 3 aliphatic carbocycles. The number of aromatic nitrogens is 2. The third kappa shape index (κ3) is 10.6. The Morgan fingerprint density at radius 3 is 2.14 bits per heavy atom. The molecule has 7 rings (SSSR count). The number of hydrogen-bond donors (Lipinski definition) is 3. The van der Waals surface area contributed by atoms with E-state index in [4.69, 9.17) is 33.2 Å². The maximum atomic E-state index is 16.2. The number of rotatable bonds is 18. The van der Waals surface area contributed by atoms with Crippen LogP contribution in [-0.4, -0.2) is 133 Å². The molecule has 408 valence electrons. The molecule has 2 saturated carbocycles. The molecule has 76 heavy (non-hydrogen) atoms. The molecule has 1 saturated heterocycles. The maximum Gasteiger partial charge on any atom is 0.342 e. The smallest absolute Gasteiger partial charge is 0.342 e. The zero-order valence-electron chi connectivity index (χ0n) is 43.3. The molecule has 4 aliphatic rings. The molecule has 0 spiro atoms. The van der Waals surface area contributed by atoms with Crippen LogP contribution in [0.4, 0.5) is 5.82 Å². The molecular formula is C53H62N4O19. The third-order valence-corrected chi connectivity index (χ3v) is 15.3. The summed E-state index contributed by atoms with van der Waals surface area (Å²) >= 11 is 0. The Balaban J connectivity index is 1.30. The van der Waals surface area contributed by atoms with Gasteiger partial charge in [0.1, 0.15) is 49.4 Å². The van der Waals surface area contributed by atoms with Crippen molar-refractivity contribution in [3.05, 3.63) is 105 Å². The van der Waals surface area contributed by atoms with E-state index in [2.05, 4.69) is 10.3 Å². The van der Waals surface area contributed by atoms with Gasteiger partial charge in [-0.1, -0.05) is 62.4 Å². The van der Waals surface area contributed by atoms with E-state index < -0.39 is 142 Å². The van der Waals surface area contributed by atoms with Gasteiger partial charge in [-0.15, -0.1) is 0 Å². The topological polar surface area (TPSA) is 315 Å². The minimum Gasteiger partial charge on any atom is -0.461 e. The highest BCUT2D eigenvalue weighted by Gasteiger charge is 2.79. The summed E-state index contributed by atoms with van der Waals surface area (Å²) in [5.41, 5.74) is -8.13. The monoisotopic (exact) mass is 1060 g/mol. The van der Waals surface area contributed by atoms with Crippen molar-refractivity contribution >= 4 is 53.3 Å². The van der Waals surface area contributed by atoms with Crippen molar-refractivity contribution in [1.82, 2.24) is 14.9 Å². The maximum absolute atomic E-state index is 16.2. The standard InChI is InChI=1S/C53H62N4O19/c1-28-35(73-49(66)43(63)42(55-30(3)58)33-16-11-9-12-17-33)25-53(67)47(75-48(65)34-18-13-10-14-19-34)45-51(8,46(64)44(72-31(4)59)41(28)50(53,6)7)36(24-37-52(45,27-71-37)76-32(5)60)74-40(62)21-15-20-39(61)70-23-22-56-29(2)54-26-38(56)57(68)69/h9-14,16-19,26,35-37,42-45,47,63,67H,15,20-25,27H2,1-8H3,(H,55,58)/t35-,36-,37+,42-,43+,44+,45-,47-,51+,52-,53+/m0/s1. The Kier molecular flexibility index (Phi) is 16.4. The van der Waals surface area contributed by atoms with Gasteiger partial charge in [-0.25, -0.2) is 19.1 Å². The van der Waals surface area contributed by atoms with Crippen molar-refractivity contribution in [3.8, 4) is 0 Å². The van der Waals surface area contributed by atoms with Crippen LogP contribution < -0.4 is 5.32 Å². The van der Waals surface area contributed by atoms with Crippen molar-refractivity contribution in [2.24, 2.45) is 16.7 Å². The molecule has 0 unspecified atom stereocenters. The highest BCUT2D eigenvalue weighted by atomic mass is 16.6. The van der Waals surface area contributed by atoms with Gasteiger partial charge in [0.25, 0.3) is 0 Å². The summed E-state index contributed by atoms with van der Waals surface area (Å²) in [6.07, 6.45) is -11.0. The second-order valence-electron chi connectivity index (χ2n) is 20.3. The third-order valence-electron chi connectivity index (χ3n) is 15.3. The van der Waals surface area contributed by atoms with E-state index in [-0.39, 0.29) is 54.9 Å². The Hall–Kier alpha value is -7.37. The van der Waals surface area contributed by atoms with Gasteiger partial charge in [0.05, 0.1) is 29.5 Å². The number of ketones is 1. The summed E-state index contributed by atoms with van der Waals surface area (Å²) in [6, 6.07) is 14.4. The van der Waals surface area contributed by atoms with Crippen molar-refractivity contribution in [3.63, 3.8) is 0 Å². The largest absolute Gasteiger partial charge is 0.461 e. The molecule has 3 N–H and O–H groups in total. The number of nitrogens with zero attached hydrogens (tertiary/aromatic N) is 3. The van der Waals surface area contributed by atoms with E-state index in [1.165, 1.54) is 51.3 Å². The van der Waals surface area contributed by atoms with Gasteiger partial charge in [0.15, 0.2) is 29.4 Å². The van der Waals surface area contributed by atoms with Gasteiger partial charge < -0.3 is 58.8 Å². The number of aliphatic hydroxyl groups is 2. The Bertz CT molecular complexity index is 2810. The number of Topliss-reactive ketones (excluding diaryl/α,β-unsaturated/α-hetero) is 1. The number of aliphatic hydroxyl groups excluding tert-OH is 1. The van der Waals surface area contributed by atoms with Crippen molar-refractivity contribution in [1.29, 1.82) is 0 Å². The van der Waals surface area contributed by atoms with Gasteiger partial charge >= 0.3 is 41.6 Å². The lowest BCUT2D eigenvalue weighted by Crippen LogP contribution is -2.82. The molecule has 1 aromatic heterocycles. The molecule has 3 aromatic rings. The summed E-state index contributed by atoms with van der Waals surface area (Å²) < 4.78 is 43.5. The normalized spacial score (nSPS) is 28.0. The molecule has 3 fully saturated rings. The number of amides is 1. The molecule has 2 bridgehead atoms. The molecule has 23 nitrogen and oxygen atoms in total. The molecular weight excluding hydrogens is 997 g/mol. The Labute approximate surface area is 436 Å². The summed E-state index contributed by atoms with van der Waals surface area (Å²) in [6.45, 7) is 10.0. The first-order valence-electron chi connectivity index (χ1n) is 24.7. The van der Waals surface area contributed by atoms with E-state index in [0.29, 0.717) is 11.4 Å². The lowest BCUT2D eigenvalue weighted by molar-refractivity contribution is -0.392. The molecule has 23 heteroatoms. The van der Waals surface area contributed by atoms with Gasteiger partial charge in [-0.2, -0.15) is 0 Å². The lowest BCUT2D eigenvalue weighted by atomic mass is 9.44. The number of ether oxygens (including phenoxy) is 7. The Morgan fingerprint density at radius 1 is 0.908 bits per heavy atom. The first kappa shape index (κ1) is 56.4. The quantitative estimate of drug-likeness (QED) is 0.0536. The van der Waals surface area contributed by atoms with Crippen LogP contribution in [0.3, 0.4) is 0 Å². The van der Waals surface area contributed by atoms with Crippen molar-refractivity contribution in [2.45, 2.75) is 148 Å². The van der Waals surface area contributed by atoms with Crippen LogP contribution in [0.5, 0.6) is 0 Å². The second kappa shape index (κ2) is 22.1. The number of nitro groups is 1. The van der Waals surface area contributed by atoms with E-state index in [1.807, 2.05) is 0 Å². The van der Waals surface area contributed by atoms with E-state index >= 15 is 4.79 Å². The number of fused-ring (bicyclic) bond motifs is 5. The van der Waals surface area contributed by atoms with Crippen LogP contribution in [-0.2, 0) is 73.3 Å². The predicted octanol–water partition coefficient (Wildman–Crippen LogP) is 3.82. The summed E-state index contributed by atoms with van der Waals surface area (Å²) in [4.78, 5) is 126. The zero-order valence-corrected chi connectivity index (χ0v) is 43.3. The minimum atomic E-state index is -2.52. The van der Waals surface area contributed by atoms with Crippen LogP contribution in [0, 0.1) is 33.8 Å². The first-order valence-corrected chi connectivity index (χ1v) is 24.7. The Morgan fingerprint density at radius 2 is 1.55 bits per heavy atom. The van der Waals surface area contributed by atoms with Gasteiger partial charge in [0.2, 0.25) is 5.91 Å². The predicted molar refractivity (Wildman–Crippen MR) is 260 cm³/mol. The number of esters is 6. The fourth-order valence-electron chi connectivity index (χ4n) is 11.5.